The second kappa shape index (κ2) is 3.68. The van der Waals surface area contributed by atoms with E-state index in [2.05, 4.69) is 28.4 Å². The summed E-state index contributed by atoms with van der Waals surface area (Å²) in [5.74, 6) is 1.85. The van der Waals surface area contributed by atoms with Gasteiger partial charge in [-0.3, -0.25) is 0 Å². The van der Waals surface area contributed by atoms with E-state index in [0.29, 0.717) is 6.61 Å². The maximum absolute atomic E-state index is 5.54. The van der Waals surface area contributed by atoms with Gasteiger partial charge in [0.1, 0.15) is 18.6 Å². The number of ether oxygens (including phenoxy) is 1. The molecule has 4 heteroatoms. The molecule has 2 aliphatic rings. The van der Waals surface area contributed by atoms with E-state index in [-0.39, 0.29) is 12.1 Å². The molecule has 2 rings (SSSR count). The van der Waals surface area contributed by atoms with E-state index in [0.717, 1.165) is 24.0 Å². The van der Waals surface area contributed by atoms with Gasteiger partial charge in [0.2, 0.25) is 0 Å². The molecule has 0 N–H and O–H groups in total. The molecule has 0 aromatic heterocycles. The van der Waals surface area contributed by atoms with Crippen molar-refractivity contribution in [1.29, 1.82) is 0 Å². The molecule has 0 radical (unpaired) electrons. The van der Waals surface area contributed by atoms with Crippen LogP contribution in [0.3, 0.4) is 0 Å². The molecule has 1 fully saturated rings. The van der Waals surface area contributed by atoms with Crippen molar-refractivity contribution >= 4 is 11.5 Å². The number of fused-ring (bicyclic) bond motifs is 1. The molecular formula is C11H17N3O. The molecule has 0 spiro atoms. The molecule has 4 nitrogen and oxygen atoms in total. The SMILES string of the molecule is C=C1OCC2C(C)=NC(C)=NC2N1CC. The Hall–Kier alpha value is -1.32. The van der Waals surface area contributed by atoms with E-state index < -0.39 is 0 Å². The first kappa shape index (κ1) is 10.2. The average molecular weight is 207 g/mol. The summed E-state index contributed by atoms with van der Waals surface area (Å²) in [7, 11) is 0. The van der Waals surface area contributed by atoms with E-state index in [1.807, 2.05) is 13.8 Å². The fourth-order valence-corrected chi connectivity index (χ4v) is 2.14. The summed E-state index contributed by atoms with van der Waals surface area (Å²) in [6.45, 7) is 11.5. The highest BCUT2D eigenvalue weighted by Crippen LogP contribution is 2.28. The molecule has 15 heavy (non-hydrogen) atoms. The first-order chi connectivity index (χ1) is 7.13. The van der Waals surface area contributed by atoms with Crippen molar-refractivity contribution < 1.29 is 4.74 Å². The van der Waals surface area contributed by atoms with Crippen molar-refractivity contribution in [2.75, 3.05) is 13.2 Å². The topological polar surface area (TPSA) is 37.2 Å². The zero-order valence-electron chi connectivity index (χ0n) is 9.53. The van der Waals surface area contributed by atoms with Crippen molar-refractivity contribution in [1.82, 2.24) is 4.90 Å². The lowest BCUT2D eigenvalue weighted by atomic mass is 9.98. The highest BCUT2D eigenvalue weighted by atomic mass is 16.5. The third-order valence-electron chi connectivity index (χ3n) is 2.96. The number of hydrogen-bond donors (Lipinski definition) is 0. The van der Waals surface area contributed by atoms with Gasteiger partial charge < -0.3 is 9.64 Å². The Morgan fingerprint density at radius 2 is 2.27 bits per heavy atom. The zero-order valence-corrected chi connectivity index (χ0v) is 9.53. The fraction of sp³-hybridized carbons (Fsp3) is 0.636. The summed E-state index contributed by atoms with van der Waals surface area (Å²) in [6.07, 6.45) is 0.133. The molecule has 2 aliphatic heterocycles. The van der Waals surface area contributed by atoms with Crippen LogP contribution in [0, 0.1) is 5.92 Å². The summed E-state index contributed by atoms with van der Waals surface area (Å²) in [5, 5.41) is 0. The highest BCUT2D eigenvalue weighted by Gasteiger charge is 2.36. The quantitative estimate of drug-likeness (QED) is 0.655. The van der Waals surface area contributed by atoms with Gasteiger partial charge in [0, 0.05) is 12.3 Å². The second-order valence-corrected chi connectivity index (χ2v) is 3.94. The second-order valence-electron chi connectivity index (χ2n) is 3.94. The monoisotopic (exact) mass is 207 g/mol. The first-order valence-electron chi connectivity index (χ1n) is 5.31. The lowest BCUT2D eigenvalue weighted by molar-refractivity contribution is 0.00913. The van der Waals surface area contributed by atoms with Gasteiger partial charge in [0.05, 0.1) is 5.92 Å². The minimum Gasteiger partial charge on any atom is -0.479 e. The van der Waals surface area contributed by atoms with Crippen molar-refractivity contribution in [2.45, 2.75) is 26.9 Å². The average Bonchev–Trinajstić information content (AvgIpc) is 2.17. The third kappa shape index (κ3) is 1.64. The van der Waals surface area contributed by atoms with Crippen molar-refractivity contribution in [3.05, 3.63) is 12.5 Å². The van der Waals surface area contributed by atoms with Crippen LogP contribution in [0.1, 0.15) is 20.8 Å². The molecular weight excluding hydrogens is 190 g/mol. The van der Waals surface area contributed by atoms with Crippen molar-refractivity contribution in [3.8, 4) is 0 Å². The summed E-state index contributed by atoms with van der Waals surface area (Å²) >= 11 is 0. The van der Waals surface area contributed by atoms with Gasteiger partial charge in [-0.25, -0.2) is 9.98 Å². The Labute approximate surface area is 90.4 Å². The number of amidine groups is 1. The molecule has 2 heterocycles. The molecule has 2 atom stereocenters. The summed E-state index contributed by atoms with van der Waals surface area (Å²) in [5.41, 5.74) is 1.11. The van der Waals surface area contributed by atoms with Gasteiger partial charge >= 0.3 is 0 Å². The molecule has 82 valence electrons. The van der Waals surface area contributed by atoms with Crippen LogP contribution in [0.4, 0.5) is 0 Å². The molecule has 0 bridgehead atoms. The summed E-state index contributed by atoms with van der Waals surface area (Å²) in [4.78, 5) is 11.1. The molecule has 1 saturated heterocycles. The Kier molecular flexibility index (Phi) is 2.50. The van der Waals surface area contributed by atoms with Gasteiger partial charge in [-0.05, 0) is 27.4 Å². The maximum Gasteiger partial charge on any atom is 0.183 e. The molecule has 0 saturated carbocycles. The number of hydrogen-bond acceptors (Lipinski definition) is 4. The van der Waals surface area contributed by atoms with Crippen LogP contribution in [0.2, 0.25) is 0 Å². The number of nitrogens with zero attached hydrogens (tertiary/aromatic N) is 3. The van der Waals surface area contributed by atoms with Crippen LogP contribution in [0.5, 0.6) is 0 Å². The van der Waals surface area contributed by atoms with Gasteiger partial charge in [0.25, 0.3) is 0 Å². The largest absolute Gasteiger partial charge is 0.479 e. The molecule has 0 aromatic rings. The van der Waals surface area contributed by atoms with E-state index >= 15 is 0 Å². The molecule has 0 aliphatic carbocycles. The molecule has 0 amide bonds. The predicted molar refractivity (Wildman–Crippen MR) is 61.0 cm³/mol. The Morgan fingerprint density at radius 3 is 2.93 bits per heavy atom. The lowest BCUT2D eigenvalue weighted by Crippen LogP contribution is -2.49. The standard InChI is InChI=1S/C11H17N3O/c1-5-14-9(4)15-6-10-7(2)12-8(3)13-11(10)14/h10-11H,4-6H2,1-3H3. The zero-order chi connectivity index (χ0) is 11.0. The van der Waals surface area contributed by atoms with Gasteiger partial charge in [-0.1, -0.05) is 0 Å². The summed E-state index contributed by atoms with van der Waals surface area (Å²) in [6, 6.07) is 0. The number of rotatable bonds is 1. The highest BCUT2D eigenvalue weighted by molar-refractivity contribution is 5.99. The Morgan fingerprint density at radius 1 is 1.53 bits per heavy atom. The first-order valence-corrected chi connectivity index (χ1v) is 5.31. The Balaban J connectivity index is 2.31. The van der Waals surface area contributed by atoms with E-state index in [1.165, 1.54) is 0 Å². The smallest absolute Gasteiger partial charge is 0.183 e. The normalized spacial score (nSPS) is 30.3. The van der Waals surface area contributed by atoms with Gasteiger partial charge in [-0.2, -0.15) is 0 Å². The predicted octanol–water partition coefficient (Wildman–Crippen LogP) is 1.64. The third-order valence-corrected chi connectivity index (χ3v) is 2.96. The van der Waals surface area contributed by atoms with Crippen LogP contribution in [0.15, 0.2) is 22.4 Å². The van der Waals surface area contributed by atoms with E-state index in [4.69, 9.17) is 4.74 Å². The lowest BCUT2D eigenvalue weighted by Gasteiger charge is -2.42. The van der Waals surface area contributed by atoms with Gasteiger partial charge in [-0.15, -0.1) is 0 Å². The van der Waals surface area contributed by atoms with Crippen LogP contribution in [-0.4, -0.2) is 35.8 Å². The molecule has 0 aromatic carbocycles. The maximum atomic E-state index is 5.54. The van der Waals surface area contributed by atoms with Crippen LogP contribution >= 0.6 is 0 Å². The number of aliphatic imine (C=N–C) groups is 2. The Bertz CT molecular complexity index is 344. The van der Waals surface area contributed by atoms with Crippen LogP contribution in [0.25, 0.3) is 0 Å². The van der Waals surface area contributed by atoms with E-state index in [9.17, 15) is 0 Å². The van der Waals surface area contributed by atoms with Gasteiger partial charge in [0.15, 0.2) is 5.88 Å². The minimum atomic E-state index is 0.133. The van der Waals surface area contributed by atoms with Crippen LogP contribution in [-0.2, 0) is 4.74 Å². The molecule has 2 unspecified atom stereocenters. The van der Waals surface area contributed by atoms with Crippen molar-refractivity contribution in [3.63, 3.8) is 0 Å². The van der Waals surface area contributed by atoms with Crippen molar-refractivity contribution in [2.24, 2.45) is 15.9 Å². The van der Waals surface area contributed by atoms with E-state index in [1.54, 1.807) is 0 Å². The summed E-state index contributed by atoms with van der Waals surface area (Å²) < 4.78 is 5.54. The fourth-order valence-electron chi connectivity index (χ4n) is 2.14. The van der Waals surface area contributed by atoms with Crippen LogP contribution < -0.4 is 0 Å². The minimum absolute atomic E-state index is 0.133.